The molecule has 10 heteroatoms. The van der Waals surface area contributed by atoms with Crippen molar-refractivity contribution in [3.63, 3.8) is 0 Å². The summed E-state index contributed by atoms with van der Waals surface area (Å²) in [6.07, 6.45) is -1.12. The number of carbonyl (C=O) groups excluding carboxylic acids is 2. The van der Waals surface area contributed by atoms with Crippen LogP contribution in [0.2, 0.25) is 0 Å². The molecule has 0 saturated carbocycles. The molecule has 10 nitrogen and oxygen atoms in total. The average Bonchev–Trinajstić information content (AvgIpc) is 2.93. The Balaban J connectivity index is 1.65. The van der Waals surface area contributed by atoms with E-state index in [1.54, 1.807) is 31.3 Å². The minimum Gasteiger partial charge on any atom is -0.451 e. The number of aryl methyl sites for hydroxylation is 1. The van der Waals surface area contributed by atoms with Gasteiger partial charge in [-0.3, -0.25) is 28.8 Å². The zero-order valence-electron chi connectivity index (χ0n) is 15.7. The lowest BCUT2D eigenvalue weighted by Gasteiger charge is -2.13. The van der Waals surface area contributed by atoms with Gasteiger partial charge >= 0.3 is 11.7 Å². The largest absolute Gasteiger partial charge is 0.451 e. The molecule has 0 spiro atoms. The second-order valence-electron chi connectivity index (χ2n) is 6.34. The Hall–Kier alpha value is -3.95. The summed E-state index contributed by atoms with van der Waals surface area (Å²) in [7, 11) is 1.60. The van der Waals surface area contributed by atoms with Crippen molar-refractivity contribution >= 4 is 34.3 Å². The molecule has 1 N–H and O–H groups in total. The monoisotopic (exact) mass is 398 g/mol. The van der Waals surface area contributed by atoms with Crippen LogP contribution in [0.3, 0.4) is 0 Å². The number of nitrogens with one attached hydrogen (secondary N) is 1. The molecule has 1 amide bonds. The number of rotatable bonds is 6. The van der Waals surface area contributed by atoms with Gasteiger partial charge in [0.25, 0.3) is 11.6 Å². The average molecular weight is 398 g/mol. The van der Waals surface area contributed by atoms with Crippen LogP contribution >= 0.6 is 0 Å². The fourth-order valence-electron chi connectivity index (χ4n) is 2.84. The molecule has 0 bridgehead atoms. The molecule has 0 aliphatic rings. The number of benzene rings is 2. The van der Waals surface area contributed by atoms with Crippen molar-refractivity contribution < 1.29 is 19.2 Å². The highest BCUT2D eigenvalue weighted by atomic mass is 16.6. The molecular weight excluding hydrogens is 380 g/mol. The number of nitro benzene ring substituents is 1. The van der Waals surface area contributed by atoms with E-state index in [9.17, 15) is 24.5 Å². The van der Waals surface area contributed by atoms with Gasteiger partial charge in [0.15, 0.2) is 6.10 Å². The third-order valence-electron chi connectivity index (χ3n) is 4.36. The number of ether oxygens (including phenoxy) is 1. The fourth-order valence-corrected chi connectivity index (χ4v) is 2.84. The maximum absolute atomic E-state index is 12.4. The molecule has 1 atom stereocenters. The highest BCUT2D eigenvalue weighted by Crippen LogP contribution is 2.16. The number of para-hydroxylation sites is 2. The standard InChI is InChI=1S/C19H18N4O6/c1-12(18(25)20-13-7-9-14(10-8-13)23(27)28)29-17(24)11-22-16-6-4-3-5-15(16)21(2)19(22)26/h3-10,12H,11H2,1-2H3,(H,20,25). The van der Waals surface area contributed by atoms with Gasteiger partial charge in [-0.25, -0.2) is 4.79 Å². The molecule has 0 fully saturated rings. The number of non-ortho nitro benzene ring substituents is 1. The van der Waals surface area contributed by atoms with Gasteiger partial charge in [0.2, 0.25) is 0 Å². The number of nitro groups is 1. The summed E-state index contributed by atoms with van der Waals surface area (Å²) in [6, 6.07) is 12.3. The summed E-state index contributed by atoms with van der Waals surface area (Å²) in [5.41, 5.74) is 1.11. The van der Waals surface area contributed by atoms with Crippen molar-refractivity contribution in [2.45, 2.75) is 19.6 Å². The van der Waals surface area contributed by atoms with E-state index in [1.165, 1.54) is 40.3 Å². The Bertz CT molecular complexity index is 1150. The molecule has 2 aromatic carbocycles. The number of amides is 1. The van der Waals surface area contributed by atoms with Crippen molar-refractivity contribution in [2.24, 2.45) is 7.05 Å². The predicted molar refractivity (Wildman–Crippen MR) is 104 cm³/mol. The van der Waals surface area contributed by atoms with E-state index in [1.807, 2.05) is 0 Å². The molecule has 3 aromatic rings. The highest BCUT2D eigenvalue weighted by molar-refractivity contribution is 5.95. The van der Waals surface area contributed by atoms with Gasteiger partial charge in [-0.15, -0.1) is 0 Å². The van der Waals surface area contributed by atoms with Crippen LogP contribution in [0.15, 0.2) is 53.3 Å². The zero-order valence-corrected chi connectivity index (χ0v) is 15.7. The number of fused-ring (bicyclic) bond motifs is 1. The van der Waals surface area contributed by atoms with Gasteiger partial charge in [-0.05, 0) is 31.2 Å². The first-order valence-corrected chi connectivity index (χ1v) is 8.67. The topological polar surface area (TPSA) is 125 Å². The van der Waals surface area contributed by atoms with E-state index in [0.29, 0.717) is 16.7 Å². The number of imidazole rings is 1. The van der Waals surface area contributed by atoms with Crippen LogP contribution < -0.4 is 11.0 Å². The lowest BCUT2D eigenvalue weighted by atomic mass is 10.2. The van der Waals surface area contributed by atoms with Crippen molar-refractivity contribution in [1.29, 1.82) is 0 Å². The number of esters is 1. The van der Waals surface area contributed by atoms with Gasteiger partial charge in [0.1, 0.15) is 6.54 Å². The van der Waals surface area contributed by atoms with Crippen molar-refractivity contribution in [2.75, 3.05) is 5.32 Å². The molecule has 0 aliphatic carbocycles. The van der Waals surface area contributed by atoms with Gasteiger partial charge in [0, 0.05) is 24.9 Å². The Kier molecular flexibility index (Phi) is 5.44. The lowest BCUT2D eigenvalue weighted by molar-refractivity contribution is -0.384. The molecule has 150 valence electrons. The second-order valence-corrected chi connectivity index (χ2v) is 6.34. The molecule has 0 radical (unpaired) electrons. The third-order valence-corrected chi connectivity index (χ3v) is 4.36. The number of hydrogen-bond donors (Lipinski definition) is 1. The van der Waals surface area contributed by atoms with Crippen LogP contribution in [-0.2, 0) is 27.9 Å². The molecule has 29 heavy (non-hydrogen) atoms. The molecule has 0 aliphatic heterocycles. The zero-order chi connectivity index (χ0) is 21.1. The molecule has 1 heterocycles. The van der Waals surface area contributed by atoms with Crippen molar-refractivity contribution in [1.82, 2.24) is 9.13 Å². The van der Waals surface area contributed by atoms with Crippen LogP contribution in [0.1, 0.15) is 6.92 Å². The third kappa shape index (κ3) is 4.15. The van der Waals surface area contributed by atoms with E-state index < -0.39 is 22.9 Å². The number of aromatic nitrogens is 2. The lowest BCUT2D eigenvalue weighted by Crippen LogP contribution is -2.33. The van der Waals surface area contributed by atoms with E-state index >= 15 is 0 Å². The van der Waals surface area contributed by atoms with E-state index in [4.69, 9.17) is 4.74 Å². The molecule has 1 aromatic heterocycles. The number of carbonyl (C=O) groups is 2. The SMILES string of the molecule is CC(OC(=O)Cn1c(=O)n(C)c2ccccc21)C(=O)Nc1ccc([N+](=O)[O-])cc1. The van der Waals surface area contributed by atoms with E-state index in [-0.39, 0.29) is 17.9 Å². The summed E-state index contributed by atoms with van der Waals surface area (Å²) >= 11 is 0. The molecular formula is C19H18N4O6. The van der Waals surface area contributed by atoms with Gasteiger partial charge in [-0.2, -0.15) is 0 Å². The first-order chi connectivity index (χ1) is 13.8. The summed E-state index contributed by atoms with van der Waals surface area (Å²) in [4.78, 5) is 46.9. The Morgan fingerprint density at radius 3 is 2.38 bits per heavy atom. The molecule has 3 rings (SSSR count). The smallest absolute Gasteiger partial charge is 0.329 e. The Morgan fingerprint density at radius 1 is 1.14 bits per heavy atom. The minimum absolute atomic E-state index is 0.108. The Labute approximate surface area is 164 Å². The summed E-state index contributed by atoms with van der Waals surface area (Å²) in [5, 5.41) is 13.2. The van der Waals surface area contributed by atoms with Crippen molar-refractivity contribution in [3.8, 4) is 0 Å². The van der Waals surface area contributed by atoms with Crippen LogP contribution in [0.5, 0.6) is 0 Å². The van der Waals surface area contributed by atoms with E-state index in [0.717, 1.165) is 0 Å². The fraction of sp³-hybridized carbons (Fsp3) is 0.211. The first-order valence-electron chi connectivity index (χ1n) is 8.67. The van der Waals surface area contributed by atoms with Crippen molar-refractivity contribution in [3.05, 3.63) is 69.1 Å². The number of hydrogen-bond acceptors (Lipinski definition) is 6. The van der Waals surface area contributed by atoms with Crippen LogP contribution in [0.4, 0.5) is 11.4 Å². The van der Waals surface area contributed by atoms with Gasteiger partial charge in [-0.1, -0.05) is 12.1 Å². The summed E-state index contributed by atoms with van der Waals surface area (Å²) in [5.74, 6) is -1.34. The Morgan fingerprint density at radius 2 is 1.76 bits per heavy atom. The van der Waals surface area contributed by atoms with Gasteiger partial charge in [0.05, 0.1) is 16.0 Å². The minimum atomic E-state index is -1.12. The second kappa shape index (κ2) is 7.97. The summed E-state index contributed by atoms with van der Waals surface area (Å²) < 4.78 is 7.84. The number of anilines is 1. The predicted octanol–water partition coefficient (Wildman–Crippen LogP) is 1.82. The molecule has 0 saturated heterocycles. The van der Waals surface area contributed by atoms with Gasteiger partial charge < -0.3 is 10.1 Å². The highest BCUT2D eigenvalue weighted by Gasteiger charge is 2.20. The summed E-state index contributed by atoms with van der Waals surface area (Å²) in [6.45, 7) is 1.06. The van der Waals surface area contributed by atoms with E-state index in [2.05, 4.69) is 5.32 Å². The quantitative estimate of drug-likeness (QED) is 0.383. The maximum atomic E-state index is 12.4. The van der Waals surface area contributed by atoms with Crippen LogP contribution in [0.25, 0.3) is 11.0 Å². The molecule has 1 unspecified atom stereocenters. The maximum Gasteiger partial charge on any atom is 0.329 e. The normalized spacial score (nSPS) is 11.8. The number of nitrogens with zero attached hydrogens (tertiary/aromatic N) is 3. The van der Waals surface area contributed by atoms with Crippen LogP contribution in [0, 0.1) is 10.1 Å². The first kappa shape index (κ1) is 19.8. The van der Waals surface area contributed by atoms with Crippen LogP contribution in [-0.4, -0.2) is 32.0 Å².